The van der Waals surface area contributed by atoms with Crippen LogP contribution >= 0.6 is 11.8 Å². The molecule has 0 spiro atoms. The third kappa shape index (κ3) is 6.55. The van der Waals surface area contributed by atoms with E-state index >= 15 is 0 Å². The highest BCUT2D eigenvalue weighted by Crippen LogP contribution is 2.44. The minimum atomic E-state index is -0.0835. The van der Waals surface area contributed by atoms with Crippen LogP contribution in [0.15, 0.2) is 58.4 Å². The Morgan fingerprint density at radius 2 is 1.85 bits per heavy atom. The van der Waals surface area contributed by atoms with Crippen molar-refractivity contribution in [2.24, 2.45) is 4.99 Å². The van der Waals surface area contributed by atoms with E-state index in [4.69, 9.17) is 14.5 Å². The number of thioether (sulfide) groups is 1. The highest BCUT2D eigenvalue weighted by atomic mass is 32.2. The quantitative estimate of drug-likeness (QED) is 0.322. The maximum atomic E-state index is 13.8. The second-order valence-electron chi connectivity index (χ2n) is 11.3. The molecule has 0 saturated carbocycles. The highest BCUT2D eigenvalue weighted by Gasteiger charge is 2.35. The standard InChI is InChI=1S/C33H42N4O3S/c1-6-13-37-28-22-29(39-5)25(20-27(28)24(2)23-33(37,3)4)21-30-31(38)36(15-10-14-35-16-18-40-19-17-35)32(41-30)34-26-11-8-7-9-12-26/h7-9,11-12,20-23H,6,10,13-19H2,1-5H3/b30-21+,34-32?. The summed E-state index contributed by atoms with van der Waals surface area (Å²) in [5, 5.41) is 0.721. The number of methoxy groups -OCH3 is 1. The Morgan fingerprint density at radius 1 is 1.10 bits per heavy atom. The molecule has 7 nitrogen and oxygen atoms in total. The summed E-state index contributed by atoms with van der Waals surface area (Å²) in [6.45, 7) is 14.8. The van der Waals surface area contributed by atoms with Gasteiger partial charge in [0, 0.05) is 55.6 Å². The molecule has 3 heterocycles. The molecule has 2 fully saturated rings. The number of morpholine rings is 1. The molecule has 1 amide bonds. The fourth-order valence-electron chi connectivity index (χ4n) is 5.86. The van der Waals surface area contributed by atoms with E-state index < -0.39 is 0 Å². The number of aliphatic imine (C=N–C) groups is 1. The van der Waals surface area contributed by atoms with Gasteiger partial charge in [-0.05, 0) is 75.2 Å². The minimum absolute atomic E-state index is 0.00700. The third-order valence-electron chi connectivity index (χ3n) is 7.89. The van der Waals surface area contributed by atoms with E-state index in [1.165, 1.54) is 28.6 Å². The maximum Gasteiger partial charge on any atom is 0.266 e. The molecule has 0 N–H and O–H groups in total. The van der Waals surface area contributed by atoms with E-state index in [-0.39, 0.29) is 11.4 Å². The summed E-state index contributed by atoms with van der Waals surface area (Å²) in [5.41, 5.74) is 5.26. The number of amidine groups is 1. The third-order valence-corrected chi connectivity index (χ3v) is 8.90. The molecule has 3 aliphatic heterocycles. The van der Waals surface area contributed by atoms with Crippen LogP contribution in [0.5, 0.6) is 5.75 Å². The Labute approximate surface area is 248 Å². The summed E-state index contributed by atoms with van der Waals surface area (Å²) < 4.78 is 11.4. The van der Waals surface area contributed by atoms with Crippen molar-refractivity contribution in [3.8, 4) is 5.75 Å². The molecule has 2 saturated heterocycles. The van der Waals surface area contributed by atoms with Crippen molar-refractivity contribution in [1.82, 2.24) is 9.80 Å². The lowest BCUT2D eigenvalue weighted by Crippen LogP contribution is -2.45. The Morgan fingerprint density at radius 3 is 2.56 bits per heavy atom. The predicted molar refractivity (Wildman–Crippen MR) is 171 cm³/mol. The number of benzene rings is 2. The van der Waals surface area contributed by atoms with Crippen LogP contribution in [0.2, 0.25) is 0 Å². The van der Waals surface area contributed by atoms with Crippen molar-refractivity contribution in [1.29, 1.82) is 0 Å². The van der Waals surface area contributed by atoms with Gasteiger partial charge in [0.25, 0.3) is 5.91 Å². The van der Waals surface area contributed by atoms with Crippen molar-refractivity contribution >= 4 is 45.9 Å². The van der Waals surface area contributed by atoms with Crippen LogP contribution < -0.4 is 9.64 Å². The number of ether oxygens (including phenoxy) is 2. The van der Waals surface area contributed by atoms with Gasteiger partial charge in [0.05, 0.1) is 36.5 Å². The molecule has 0 radical (unpaired) electrons. The van der Waals surface area contributed by atoms with Gasteiger partial charge in [-0.15, -0.1) is 0 Å². The molecule has 218 valence electrons. The van der Waals surface area contributed by atoms with Crippen LogP contribution in [0.3, 0.4) is 0 Å². The van der Waals surface area contributed by atoms with E-state index in [9.17, 15) is 4.79 Å². The zero-order chi connectivity index (χ0) is 29.0. The van der Waals surface area contributed by atoms with Crippen LogP contribution in [0, 0.1) is 0 Å². The smallest absolute Gasteiger partial charge is 0.266 e. The molecule has 0 aromatic heterocycles. The Bertz CT molecular complexity index is 1350. The van der Waals surface area contributed by atoms with Gasteiger partial charge in [-0.25, -0.2) is 4.99 Å². The van der Waals surface area contributed by atoms with Crippen LogP contribution in [0.25, 0.3) is 11.6 Å². The summed E-state index contributed by atoms with van der Waals surface area (Å²) in [6.07, 6.45) is 6.25. The Balaban J connectivity index is 1.46. The first-order valence-electron chi connectivity index (χ1n) is 14.7. The molecule has 2 aromatic rings. The van der Waals surface area contributed by atoms with Gasteiger partial charge in [0.15, 0.2) is 5.17 Å². The van der Waals surface area contributed by atoms with Crippen molar-refractivity contribution in [3.05, 3.63) is 64.6 Å². The van der Waals surface area contributed by atoms with Crippen LogP contribution in [-0.2, 0) is 9.53 Å². The van der Waals surface area contributed by atoms with Gasteiger partial charge in [-0.3, -0.25) is 14.6 Å². The number of para-hydroxylation sites is 1. The number of amides is 1. The number of hydrogen-bond acceptors (Lipinski definition) is 7. The lowest BCUT2D eigenvalue weighted by molar-refractivity contribution is -0.122. The summed E-state index contributed by atoms with van der Waals surface area (Å²) in [7, 11) is 1.70. The van der Waals surface area contributed by atoms with Gasteiger partial charge in [0.2, 0.25) is 0 Å². The van der Waals surface area contributed by atoms with Crippen molar-refractivity contribution in [2.45, 2.75) is 46.1 Å². The molecule has 3 aliphatic rings. The second kappa shape index (κ2) is 12.8. The molecule has 0 aliphatic carbocycles. The van der Waals surface area contributed by atoms with Gasteiger partial charge in [-0.2, -0.15) is 0 Å². The van der Waals surface area contributed by atoms with E-state index in [1.54, 1.807) is 7.11 Å². The molecule has 0 unspecified atom stereocenters. The molecule has 8 heteroatoms. The summed E-state index contributed by atoms with van der Waals surface area (Å²) in [5.74, 6) is 0.760. The van der Waals surface area contributed by atoms with E-state index in [2.05, 4.69) is 55.7 Å². The van der Waals surface area contributed by atoms with Crippen LogP contribution in [0.4, 0.5) is 11.4 Å². The topological polar surface area (TPSA) is 57.6 Å². The molecule has 0 atom stereocenters. The van der Waals surface area contributed by atoms with Crippen LogP contribution in [0.1, 0.15) is 51.7 Å². The molecule has 5 rings (SSSR count). The number of nitrogens with zero attached hydrogens (tertiary/aromatic N) is 4. The monoisotopic (exact) mass is 574 g/mol. The predicted octanol–water partition coefficient (Wildman–Crippen LogP) is 6.43. The van der Waals surface area contributed by atoms with Gasteiger partial charge >= 0.3 is 0 Å². The molecule has 41 heavy (non-hydrogen) atoms. The Hall–Kier alpha value is -3.07. The van der Waals surface area contributed by atoms with Crippen molar-refractivity contribution in [2.75, 3.05) is 57.9 Å². The van der Waals surface area contributed by atoms with E-state index in [0.717, 1.165) is 74.4 Å². The first-order chi connectivity index (χ1) is 19.8. The first-order valence-corrected chi connectivity index (χ1v) is 15.5. The van der Waals surface area contributed by atoms with Crippen molar-refractivity contribution in [3.63, 3.8) is 0 Å². The molecular weight excluding hydrogens is 532 g/mol. The summed E-state index contributed by atoms with van der Waals surface area (Å²) >= 11 is 1.44. The van der Waals surface area contributed by atoms with Gasteiger partial charge in [0.1, 0.15) is 5.75 Å². The van der Waals surface area contributed by atoms with E-state index in [1.807, 2.05) is 41.3 Å². The number of hydrogen-bond donors (Lipinski definition) is 0. The number of carbonyl (C=O) groups is 1. The normalized spacial score (nSPS) is 21.0. The second-order valence-corrected chi connectivity index (χ2v) is 12.4. The fraction of sp³-hybridized carbons (Fsp3) is 0.455. The number of rotatable bonds is 9. The molecule has 0 bridgehead atoms. The van der Waals surface area contributed by atoms with Gasteiger partial charge in [-0.1, -0.05) is 31.2 Å². The molecular formula is C33H42N4O3S. The van der Waals surface area contributed by atoms with E-state index in [0.29, 0.717) is 11.4 Å². The van der Waals surface area contributed by atoms with Crippen LogP contribution in [-0.4, -0.2) is 79.5 Å². The average Bonchev–Trinajstić information content (AvgIpc) is 3.25. The average molecular weight is 575 g/mol. The number of allylic oxidation sites excluding steroid dienone is 1. The fourth-order valence-corrected chi connectivity index (χ4v) is 6.88. The summed E-state index contributed by atoms with van der Waals surface area (Å²) in [6, 6.07) is 14.2. The van der Waals surface area contributed by atoms with Crippen molar-refractivity contribution < 1.29 is 14.3 Å². The lowest BCUT2D eigenvalue weighted by Gasteiger charge is -2.43. The zero-order valence-electron chi connectivity index (χ0n) is 25.0. The zero-order valence-corrected chi connectivity index (χ0v) is 25.8. The highest BCUT2D eigenvalue weighted by molar-refractivity contribution is 8.18. The maximum absolute atomic E-state index is 13.8. The minimum Gasteiger partial charge on any atom is -0.496 e. The lowest BCUT2D eigenvalue weighted by atomic mass is 9.87. The largest absolute Gasteiger partial charge is 0.496 e. The Kier molecular flexibility index (Phi) is 9.22. The number of fused-ring (bicyclic) bond motifs is 1. The summed E-state index contributed by atoms with van der Waals surface area (Å²) in [4.78, 5) is 26.1. The molecule has 2 aromatic carbocycles. The first kappa shape index (κ1) is 29.4. The van der Waals surface area contributed by atoms with Gasteiger partial charge < -0.3 is 14.4 Å². The number of carbonyl (C=O) groups excluding carboxylic acids is 1. The number of anilines is 1. The SMILES string of the molecule is CCCN1c2cc(OC)c(/C=C3/SC(=Nc4ccccc4)N(CCCN4CCOCC4)C3=O)cc2C(C)=CC1(C)C.